The number of hydrogen-bond acceptors (Lipinski definition) is 4. The fraction of sp³-hybridized carbons (Fsp3) is 0.500. The Morgan fingerprint density at radius 1 is 0.690 bits per heavy atom. The van der Waals surface area contributed by atoms with Gasteiger partial charge in [0.15, 0.2) is 0 Å². The predicted molar refractivity (Wildman–Crippen MR) is 127 cm³/mol. The largest absolute Gasteiger partial charge is 0.369 e. The Bertz CT molecular complexity index is 699. The van der Waals surface area contributed by atoms with Crippen LogP contribution in [0, 0.1) is 6.92 Å². The molecule has 2 aromatic rings. The lowest BCUT2D eigenvalue weighted by molar-refractivity contribution is 0.190. The van der Waals surface area contributed by atoms with E-state index in [1.54, 1.807) is 0 Å². The van der Waals surface area contributed by atoms with Gasteiger partial charge in [0.2, 0.25) is 0 Å². The van der Waals surface area contributed by atoms with E-state index in [2.05, 4.69) is 62.9 Å². The van der Waals surface area contributed by atoms with Crippen molar-refractivity contribution in [3.8, 4) is 0 Å². The lowest BCUT2D eigenvalue weighted by atomic mass is 10.2. The van der Waals surface area contributed by atoms with Gasteiger partial charge in [0.05, 0.1) is 0 Å². The zero-order valence-electron chi connectivity index (χ0n) is 16.9. The highest BCUT2D eigenvalue weighted by Gasteiger charge is 2.20. The number of aryl methyl sites for hydroxylation is 1. The third kappa shape index (κ3) is 5.88. The summed E-state index contributed by atoms with van der Waals surface area (Å²) in [4.78, 5) is 10.2. The van der Waals surface area contributed by atoms with Crippen LogP contribution in [0.3, 0.4) is 0 Å². The van der Waals surface area contributed by atoms with Gasteiger partial charge >= 0.3 is 0 Å². The molecule has 2 saturated heterocycles. The quantitative estimate of drug-likeness (QED) is 0.725. The Labute approximate surface area is 181 Å². The molecule has 4 nitrogen and oxygen atoms in total. The molecular weight excluding hydrogens is 380 g/mol. The van der Waals surface area contributed by atoms with Crippen molar-refractivity contribution in [3.63, 3.8) is 0 Å². The standard InChI is InChI=1S/C23H31ClN4.CH4/c1-20-4-2-6-22(18-20)27-14-10-25(11-15-27)8-9-26-12-16-28(17-13-26)23-7-3-5-21(24)19-23;/h2-7,18-19H,8-17H2,1H3;1H4. The molecule has 0 amide bonds. The van der Waals surface area contributed by atoms with E-state index in [1.807, 2.05) is 12.1 Å². The van der Waals surface area contributed by atoms with Gasteiger partial charge in [-0.25, -0.2) is 0 Å². The number of benzene rings is 2. The molecule has 0 N–H and O–H groups in total. The van der Waals surface area contributed by atoms with Crippen LogP contribution in [-0.2, 0) is 0 Å². The molecule has 0 bridgehead atoms. The second kappa shape index (κ2) is 10.3. The summed E-state index contributed by atoms with van der Waals surface area (Å²) in [5.74, 6) is 0. The molecule has 0 spiro atoms. The predicted octanol–water partition coefficient (Wildman–Crippen LogP) is 4.23. The van der Waals surface area contributed by atoms with Crippen LogP contribution >= 0.6 is 11.6 Å². The molecule has 0 aromatic heterocycles. The van der Waals surface area contributed by atoms with E-state index in [-0.39, 0.29) is 7.43 Å². The van der Waals surface area contributed by atoms with Crippen LogP contribution in [0.4, 0.5) is 11.4 Å². The molecule has 5 heteroatoms. The second-order valence-corrected chi connectivity index (χ2v) is 8.41. The molecule has 158 valence electrons. The van der Waals surface area contributed by atoms with Crippen molar-refractivity contribution in [3.05, 3.63) is 59.1 Å². The van der Waals surface area contributed by atoms with Crippen LogP contribution in [0.5, 0.6) is 0 Å². The van der Waals surface area contributed by atoms with Gasteiger partial charge in [-0.3, -0.25) is 9.80 Å². The molecule has 0 aliphatic carbocycles. The molecule has 0 unspecified atom stereocenters. The van der Waals surface area contributed by atoms with Gasteiger partial charge in [0, 0.05) is 81.8 Å². The summed E-state index contributed by atoms with van der Waals surface area (Å²) in [5, 5.41) is 0.824. The Balaban J connectivity index is 0.00000240. The molecule has 2 aliphatic heterocycles. The van der Waals surface area contributed by atoms with Crippen molar-refractivity contribution in [2.75, 3.05) is 75.2 Å². The number of nitrogens with zero attached hydrogens (tertiary/aromatic N) is 4. The Morgan fingerprint density at radius 2 is 1.17 bits per heavy atom. The Morgan fingerprint density at radius 3 is 1.66 bits per heavy atom. The summed E-state index contributed by atoms with van der Waals surface area (Å²) in [5.41, 5.74) is 3.97. The van der Waals surface area contributed by atoms with Crippen molar-refractivity contribution >= 4 is 23.0 Å². The van der Waals surface area contributed by atoms with E-state index < -0.39 is 0 Å². The normalized spacial score (nSPS) is 18.6. The maximum Gasteiger partial charge on any atom is 0.0426 e. The molecule has 2 fully saturated rings. The summed E-state index contributed by atoms with van der Waals surface area (Å²) in [6, 6.07) is 17.1. The molecule has 4 rings (SSSR count). The Kier molecular flexibility index (Phi) is 7.82. The Hall–Kier alpha value is -1.75. The van der Waals surface area contributed by atoms with Crippen LogP contribution in [0.1, 0.15) is 13.0 Å². The lowest BCUT2D eigenvalue weighted by Gasteiger charge is -2.39. The van der Waals surface area contributed by atoms with E-state index in [9.17, 15) is 0 Å². The van der Waals surface area contributed by atoms with Gasteiger partial charge < -0.3 is 9.80 Å². The molecular formula is C24H35ClN4. The molecule has 2 aromatic carbocycles. The summed E-state index contributed by atoms with van der Waals surface area (Å²) in [6.45, 7) is 13.6. The highest BCUT2D eigenvalue weighted by Crippen LogP contribution is 2.21. The molecule has 0 atom stereocenters. The average molecular weight is 415 g/mol. The van der Waals surface area contributed by atoms with E-state index in [4.69, 9.17) is 11.6 Å². The first-order chi connectivity index (χ1) is 13.7. The van der Waals surface area contributed by atoms with Crippen molar-refractivity contribution < 1.29 is 0 Å². The van der Waals surface area contributed by atoms with Crippen LogP contribution in [0.2, 0.25) is 5.02 Å². The van der Waals surface area contributed by atoms with Gasteiger partial charge in [-0.05, 0) is 42.8 Å². The van der Waals surface area contributed by atoms with Gasteiger partial charge in [0.1, 0.15) is 0 Å². The number of hydrogen-bond donors (Lipinski definition) is 0. The minimum absolute atomic E-state index is 0. The van der Waals surface area contributed by atoms with Crippen LogP contribution in [0.25, 0.3) is 0 Å². The highest BCUT2D eigenvalue weighted by molar-refractivity contribution is 6.30. The summed E-state index contributed by atoms with van der Waals surface area (Å²) >= 11 is 6.14. The fourth-order valence-corrected chi connectivity index (χ4v) is 4.42. The molecule has 0 radical (unpaired) electrons. The average Bonchev–Trinajstić information content (AvgIpc) is 2.73. The molecule has 29 heavy (non-hydrogen) atoms. The topological polar surface area (TPSA) is 13.0 Å². The van der Waals surface area contributed by atoms with E-state index in [1.165, 1.54) is 30.0 Å². The number of rotatable bonds is 5. The van der Waals surface area contributed by atoms with Gasteiger partial charge in [-0.15, -0.1) is 0 Å². The van der Waals surface area contributed by atoms with Crippen LogP contribution in [0.15, 0.2) is 48.5 Å². The number of halogens is 1. The third-order valence-electron chi connectivity index (χ3n) is 6.02. The summed E-state index contributed by atoms with van der Waals surface area (Å²) in [6.07, 6.45) is 0. The zero-order valence-corrected chi connectivity index (χ0v) is 17.6. The zero-order chi connectivity index (χ0) is 19.3. The van der Waals surface area contributed by atoms with E-state index in [0.717, 1.165) is 57.4 Å². The minimum Gasteiger partial charge on any atom is -0.369 e. The van der Waals surface area contributed by atoms with Crippen LogP contribution in [-0.4, -0.2) is 75.2 Å². The molecule has 2 heterocycles. The first kappa shape index (κ1) is 21.9. The molecule has 0 saturated carbocycles. The molecule has 2 aliphatic rings. The van der Waals surface area contributed by atoms with Crippen LogP contribution < -0.4 is 9.80 Å². The van der Waals surface area contributed by atoms with E-state index in [0.29, 0.717) is 0 Å². The smallest absolute Gasteiger partial charge is 0.0426 e. The number of anilines is 2. The monoisotopic (exact) mass is 414 g/mol. The van der Waals surface area contributed by atoms with Gasteiger partial charge in [-0.2, -0.15) is 0 Å². The minimum atomic E-state index is 0. The van der Waals surface area contributed by atoms with Gasteiger partial charge in [0.25, 0.3) is 0 Å². The summed E-state index contributed by atoms with van der Waals surface area (Å²) in [7, 11) is 0. The van der Waals surface area contributed by atoms with E-state index >= 15 is 0 Å². The van der Waals surface area contributed by atoms with Crippen molar-refractivity contribution in [2.24, 2.45) is 0 Å². The summed E-state index contributed by atoms with van der Waals surface area (Å²) < 4.78 is 0. The number of piperazine rings is 2. The highest BCUT2D eigenvalue weighted by atomic mass is 35.5. The third-order valence-corrected chi connectivity index (χ3v) is 6.25. The van der Waals surface area contributed by atoms with Crippen molar-refractivity contribution in [1.82, 2.24) is 9.80 Å². The maximum absolute atomic E-state index is 6.14. The second-order valence-electron chi connectivity index (χ2n) is 7.98. The first-order valence-electron chi connectivity index (χ1n) is 10.4. The van der Waals surface area contributed by atoms with Crippen molar-refractivity contribution in [2.45, 2.75) is 14.4 Å². The van der Waals surface area contributed by atoms with Gasteiger partial charge in [-0.1, -0.05) is 37.2 Å². The van der Waals surface area contributed by atoms with Crippen molar-refractivity contribution in [1.29, 1.82) is 0 Å². The SMILES string of the molecule is C.Cc1cccc(N2CCN(CCN3CCN(c4cccc(Cl)c4)CC3)CC2)c1. The maximum atomic E-state index is 6.14. The lowest BCUT2D eigenvalue weighted by Crippen LogP contribution is -2.51. The first-order valence-corrected chi connectivity index (χ1v) is 10.8. The fourth-order valence-electron chi connectivity index (χ4n) is 4.24.